The van der Waals surface area contributed by atoms with Gasteiger partial charge in [-0.3, -0.25) is 0 Å². The molecule has 1 aromatic rings. The van der Waals surface area contributed by atoms with Crippen molar-refractivity contribution < 1.29 is 19.4 Å². The van der Waals surface area contributed by atoms with Gasteiger partial charge in [-0.1, -0.05) is 11.6 Å². The number of hydrogen-bond donors (Lipinski definition) is 2. The molecular formula is C13H17ClN2O4. The van der Waals surface area contributed by atoms with Crippen LogP contribution in [0.25, 0.3) is 0 Å². The van der Waals surface area contributed by atoms with E-state index >= 15 is 0 Å². The summed E-state index contributed by atoms with van der Waals surface area (Å²) in [6.07, 6.45) is 0. The normalized spacial score (nSPS) is 10.2. The van der Waals surface area contributed by atoms with Gasteiger partial charge in [0.15, 0.2) is 0 Å². The summed E-state index contributed by atoms with van der Waals surface area (Å²) in [5, 5.41) is 11.9. The Morgan fingerprint density at radius 2 is 2.15 bits per heavy atom. The third kappa shape index (κ3) is 4.71. The van der Waals surface area contributed by atoms with Crippen molar-refractivity contribution >= 4 is 29.3 Å². The molecule has 0 saturated heterocycles. The molecule has 2 amide bonds. The third-order valence-corrected chi connectivity index (χ3v) is 2.81. The Kier molecular flexibility index (Phi) is 6.27. The minimum Gasteiger partial charge on any atom is -0.478 e. The first-order valence-corrected chi connectivity index (χ1v) is 6.46. The molecule has 0 bridgehead atoms. The molecule has 1 aromatic carbocycles. The highest BCUT2D eigenvalue weighted by Gasteiger charge is 2.15. The lowest BCUT2D eigenvalue weighted by atomic mass is 10.2. The van der Waals surface area contributed by atoms with Gasteiger partial charge < -0.3 is 20.1 Å². The number of nitrogens with zero attached hydrogens (tertiary/aromatic N) is 1. The van der Waals surface area contributed by atoms with Crippen molar-refractivity contribution in [2.45, 2.75) is 6.92 Å². The number of nitrogens with one attached hydrogen (secondary N) is 1. The summed E-state index contributed by atoms with van der Waals surface area (Å²) in [4.78, 5) is 24.4. The number of halogens is 1. The number of urea groups is 1. The molecule has 0 aromatic heterocycles. The third-order valence-electron chi connectivity index (χ3n) is 2.58. The van der Waals surface area contributed by atoms with E-state index in [1.165, 1.54) is 23.1 Å². The number of anilines is 1. The molecule has 0 saturated carbocycles. The fourth-order valence-corrected chi connectivity index (χ4v) is 1.63. The second kappa shape index (κ2) is 7.72. The van der Waals surface area contributed by atoms with E-state index in [0.29, 0.717) is 24.8 Å². The Morgan fingerprint density at radius 1 is 1.45 bits per heavy atom. The molecule has 0 aliphatic heterocycles. The first-order chi connectivity index (χ1) is 9.45. The van der Waals surface area contributed by atoms with E-state index in [9.17, 15) is 9.59 Å². The van der Waals surface area contributed by atoms with E-state index in [0.717, 1.165) is 0 Å². The van der Waals surface area contributed by atoms with Crippen molar-refractivity contribution in [2.75, 3.05) is 32.1 Å². The number of benzene rings is 1. The van der Waals surface area contributed by atoms with Crippen LogP contribution in [-0.2, 0) is 4.74 Å². The zero-order valence-electron chi connectivity index (χ0n) is 11.4. The van der Waals surface area contributed by atoms with Crippen molar-refractivity contribution in [3.05, 3.63) is 28.8 Å². The van der Waals surface area contributed by atoms with Crippen molar-refractivity contribution in [1.29, 1.82) is 0 Å². The van der Waals surface area contributed by atoms with Crippen LogP contribution in [0.3, 0.4) is 0 Å². The zero-order valence-corrected chi connectivity index (χ0v) is 12.1. The number of hydrogen-bond acceptors (Lipinski definition) is 3. The fourth-order valence-electron chi connectivity index (χ4n) is 1.46. The van der Waals surface area contributed by atoms with Gasteiger partial charge in [0.2, 0.25) is 0 Å². The minimum atomic E-state index is -1.15. The fraction of sp³-hybridized carbons (Fsp3) is 0.385. The standard InChI is InChI=1S/C13H17ClN2O4/c1-3-20-7-6-16(2)13(19)15-11-5-4-9(14)8-10(11)12(17)18/h4-5,8H,3,6-7H2,1-2H3,(H,15,19)(H,17,18). The maximum Gasteiger partial charge on any atom is 0.337 e. The lowest BCUT2D eigenvalue weighted by Gasteiger charge is -2.18. The second-order valence-corrected chi connectivity index (χ2v) is 4.48. The first-order valence-electron chi connectivity index (χ1n) is 6.08. The van der Waals surface area contributed by atoms with Crippen molar-refractivity contribution in [3.8, 4) is 0 Å². The van der Waals surface area contributed by atoms with Gasteiger partial charge in [-0.05, 0) is 25.1 Å². The van der Waals surface area contributed by atoms with Gasteiger partial charge in [0.05, 0.1) is 17.9 Å². The number of ether oxygens (including phenoxy) is 1. The number of amides is 2. The second-order valence-electron chi connectivity index (χ2n) is 4.04. The maximum absolute atomic E-state index is 11.9. The van der Waals surface area contributed by atoms with Crippen molar-refractivity contribution in [2.24, 2.45) is 0 Å². The van der Waals surface area contributed by atoms with Crippen molar-refractivity contribution in [1.82, 2.24) is 4.90 Å². The van der Waals surface area contributed by atoms with E-state index < -0.39 is 12.0 Å². The Bertz CT molecular complexity index is 493. The van der Waals surface area contributed by atoms with Crippen LogP contribution in [-0.4, -0.2) is 48.8 Å². The van der Waals surface area contributed by atoms with Crippen LogP contribution >= 0.6 is 11.6 Å². The highest BCUT2D eigenvalue weighted by molar-refractivity contribution is 6.31. The molecule has 7 heteroatoms. The van der Waals surface area contributed by atoms with E-state index in [1.807, 2.05) is 6.92 Å². The first kappa shape index (κ1) is 16.3. The summed E-state index contributed by atoms with van der Waals surface area (Å²) in [6, 6.07) is 3.86. The number of rotatable bonds is 6. The number of carboxylic acids is 1. The number of likely N-dealkylation sites (N-methyl/N-ethyl adjacent to an activating group) is 1. The van der Waals surface area contributed by atoms with Crippen LogP contribution in [0.4, 0.5) is 10.5 Å². The lowest BCUT2D eigenvalue weighted by molar-refractivity contribution is 0.0698. The van der Waals surface area contributed by atoms with E-state index in [4.69, 9.17) is 21.4 Å². The molecule has 1 rings (SSSR count). The van der Waals surface area contributed by atoms with Gasteiger partial charge in [-0.15, -0.1) is 0 Å². The lowest BCUT2D eigenvalue weighted by Crippen LogP contribution is -2.34. The van der Waals surface area contributed by atoms with E-state index in [1.54, 1.807) is 7.05 Å². The highest BCUT2D eigenvalue weighted by Crippen LogP contribution is 2.21. The average Bonchev–Trinajstić information content (AvgIpc) is 2.40. The van der Waals surface area contributed by atoms with Gasteiger partial charge in [0, 0.05) is 25.2 Å². The zero-order chi connectivity index (χ0) is 15.1. The molecule has 110 valence electrons. The molecule has 0 atom stereocenters. The molecule has 0 aliphatic carbocycles. The molecule has 0 fully saturated rings. The monoisotopic (exact) mass is 300 g/mol. The summed E-state index contributed by atoms with van der Waals surface area (Å²) in [5.41, 5.74) is 0.152. The summed E-state index contributed by atoms with van der Waals surface area (Å²) in [6.45, 7) is 3.28. The van der Waals surface area contributed by atoms with Gasteiger partial charge in [0.1, 0.15) is 0 Å². The molecule has 0 aliphatic rings. The molecule has 0 unspecified atom stereocenters. The highest BCUT2D eigenvalue weighted by atomic mass is 35.5. The minimum absolute atomic E-state index is 0.0518. The Hall–Kier alpha value is -1.79. The van der Waals surface area contributed by atoms with Crippen LogP contribution in [0.2, 0.25) is 5.02 Å². The maximum atomic E-state index is 11.9. The van der Waals surface area contributed by atoms with Gasteiger partial charge in [-0.25, -0.2) is 9.59 Å². The summed E-state index contributed by atoms with van der Waals surface area (Å²) in [7, 11) is 1.60. The average molecular weight is 301 g/mol. The SMILES string of the molecule is CCOCCN(C)C(=O)Nc1ccc(Cl)cc1C(=O)O. The van der Waals surface area contributed by atoms with Crippen LogP contribution in [0.1, 0.15) is 17.3 Å². The molecule has 0 spiro atoms. The van der Waals surface area contributed by atoms with Crippen LogP contribution in [0, 0.1) is 0 Å². The Labute approximate surface area is 122 Å². The number of carbonyl (C=O) groups excluding carboxylic acids is 1. The topological polar surface area (TPSA) is 78.9 Å². The summed E-state index contributed by atoms with van der Waals surface area (Å²) >= 11 is 5.74. The summed E-state index contributed by atoms with van der Waals surface area (Å²) < 4.78 is 5.15. The van der Waals surface area contributed by atoms with E-state index in [-0.39, 0.29) is 11.3 Å². The van der Waals surface area contributed by atoms with Gasteiger partial charge >= 0.3 is 12.0 Å². The molecule has 0 heterocycles. The molecule has 2 N–H and O–H groups in total. The Balaban J connectivity index is 2.72. The number of carbonyl (C=O) groups is 2. The molecular weight excluding hydrogens is 284 g/mol. The van der Waals surface area contributed by atoms with Crippen LogP contribution in [0.15, 0.2) is 18.2 Å². The largest absolute Gasteiger partial charge is 0.478 e. The summed E-state index contributed by atoms with van der Waals surface area (Å²) in [5.74, 6) is -1.15. The molecule has 6 nitrogen and oxygen atoms in total. The van der Waals surface area contributed by atoms with Crippen LogP contribution in [0.5, 0.6) is 0 Å². The number of aromatic carboxylic acids is 1. The Morgan fingerprint density at radius 3 is 2.75 bits per heavy atom. The van der Waals surface area contributed by atoms with E-state index in [2.05, 4.69) is 5.32 Å². The van der Waals surface area contributed by atoms with Crippen LogP contribution < -0.4 is 5.32 Å². The smallest absolute Gasteiger partial charge is 0.337 e. The predicted octanol–water partition coefficient (Wildman–Crippen LogP) is 2.54. The quantitative estimate of drug-likeness (QED) is 0.791. The number of carboxylic acid groups (broad SMARTS) is 1. The van der Waals surface area contributed by atoms with Crippen molar-refractivity contribution in [3.63, 3.8) is 0 Å². The molecule has 20 heavy (non-hydrogen) atoms. The molecule has 0 radical (unpaired) electrons. The van der Waals surface area contributed by atoms with Gasteiger partial charge in [0.25, 0.3) is 0 Å². The predicted molar refractivity (Wildman–Crippen MR) is 76.6 cm³/mol. The van der Waals surface area contributed by atoms with Gasteiger partial charge in [-0.2, -0.15) is 0 Å².